The Morgan fingerprint density at radius 2 is 2.00 bits per heavy atom. The number of unbranched alkanes of at least 4 members (excludes halogenated alkanes) is 1. The SMILES string of the molecule is CCCCN=C(N)OC(C)(C)C. The molecule has 72 valence electrons. The van der Waals surface area contributed by atoms with Crippen LogP contribution in [0.4, 0.5) is 0 Å². The van der Waals surface area contributed by atoms with E-state index in [9.17, 15) is 0 Å². The molecule has 0 heterocycles. The van der Waals surface area contributed by atoms with E-state index in [2.05, 4.69) is 11.9 Å². The molecule has 0 aromatic carbocycles. The van der Waals surface area contributed by atoms with Gasteiger partial charge in [0.15, 0.2) is 0 Å². The van der Waals surface area contributed by atoms with Crippen molar-refractivity contribution in [2.75, 3.05) is 6.54 Å². The number of nitrogens with two attached hydrogens (primary N) is 1. The van der Waals surface area contributed by atoms with Crippen molar-refractivity contribution in [3.05, 3.63) is 0 Å². The maximum absolute atomic E-state index is 5.53. The summed E-state index contributed by atoms with van der Waals surface area (Å²) in [4.78, 5) is 4.07. The molecule has 3 heteroatoms. The van der Waals surface area contributed by atoms with Gasteiger partial charge < -0.3 is 10.5 Å². The number of hydrogen-bond acceptors (Lipinski definition) is 2. The van der Waals surface area contributed by atoms with E-state index in [1.807, 2.05) is 20.8 Å². The van der Waals surface area contributed by atoms with E-state index in [1.54, 1.807) is 0 Å². The average Bonchev–Trinajstić information content (AvgIpc) is 1.84. The van der Waals surface area contributed by atoms with Crippen molar-refractivity contribution in [1.82, 2.24) is 0 Å². The van der Waals surface area contributed by atoms with Crippen LogP contribution in [0.25, 0.3) is 0 Å². The number of rotatable bonds is 3. The van der Waals surface area contributed by atoms with Gasteiger partial charge >= 0.3 is 0 Å². The summed E-state index contributed by atoms with van der Waals surface area (Å²) in [6, 6.07) is 0.302. The van der Waals surface area contributed by atoms with Gasteiger partial charge in [0.25, 0.3) is 6.02 Å². The second-order valence-electron chi connectivity index (χ2n) is 3.79. The van der Waals surface area contributed by atoms with Crippen LogP contribution in [-0.4, -0.2) is 18.2 Å². The number of amidine groups is 1. The number of hydrogen-bond donors (Lipinski definition) is 1. The molecule has 0 aliphatic carbocycles. The first-order valence-corrected chi connectivity index (χ1v) is 4.44. The third-order valence-electron chi connectivity index (χ3n) is 1.19. The molecule has 0 aliphatic rings. The molecule has 0 rings (SSSR count). The summed E-state index contributed by atoms with van der Waals surface area (Å²) in [5.74, 6) is 0. The Kier molecular flexibility index (Phi) is 4.71. The predicted octanol–water partition coefficient (Wildman–Crippen LogP) is 1.92. The summed E-state index contributed by atoms with van der Waals surface area (Å²) in [6.45, 7) is 8.74. The molecule has 0 atom stereocenters. The monoisotopic (exact) mass is 172 g/mol. The molecular weight excluding hydrogens is 152 g/mol. The Balaban J connectivity index is 3.70. The Labute approximate surface area is 75.0 Å². The van der Waals surface area contributed by atoms with Gasteiger partial charge in [-0.2, -0.15) is 0 Å². The fraction of sp³-hybridized carbons (Fsp3) is 0.889. The molecule has 0 unspecified atom stereocenters. The van der Waals surface area contributed by atoms with Gasteiger partial charge in [-0.05, 0) is 27.2 Å². The van der Waals surface area contributed by atoms with Crippen molar-refractivity contribution in [2.24, 2.45) is 10.7 Å². The molecule has 0 aromatic heterocycles. The van der Waals surface area contributed by atoms with Gasteiger partial charge in [-0.3, -0.25) is 0 Å². The van der Waals surface area contributed by atoms with Gasteiger partial charge in [-0.1, -0.05) is 13.3 Å². The van der Waals surface area contributed by atoms with E-state index in [0.29, 0.717) is 6.02 Å². The zero-order chi connectivity index (χ0) is 9.61. The topological polar surface area (TPSA) is 47.6 Å². The van der Waals surface area contributed by atoms with E-state index >= 15 is 0 Å². The predicted molar refractivity (Wildman–Crippen MR) is 52.2 cm³/mol. The second kappa shape index (κ2) is 5.01. The number of nitrogens with zero attached hydrogens (tertiary/aromatic N) is 1. The molecule has 0 radical (unpaired) electrons. The normalized spacial score (nSPS) is 13.2. The number of ether oxygens (including phenoxy) is 1. The van der Waals surface area contributed by atoms with Crippen LogP contribution in [0.5, 0.6) is 0 Å². The molecule has 0 bridgehead atoms. The van der Waals surface area contributed by atoms with Crippen LogP contribution >= 0.6 is 0 Å². The first-order chi connectivity index (χ1) is 5.45. The van der Waals surface area contributed by atoms with Crippen molar-refractivity contribution >= 4 is 6.02 Å². The van der Waals surface area contributed by atoms with Crippen molar-refractivity contribution < 1.29 is 4.74 Å². The lowest BCUT2D eigenvalue weighted by Crippen LogP contribution is -2.29. The molecule has 0 fully saturated rings. The summed E-state index contributed by atoms with van der Waals surface area (Å²) in [7, 11) is 0. The summed E-state index contributed by atoms with van der Waals surface area (Å²) < 4.78 is 5.31. The molecule has 0 spiro atoms. The minimum Gasteiger partial charge on any atom is -0.460 e. The summed E-state index contributed by atoms with van der Waals surface area (Å²) in [6.07, 6.45) is 2.19. The minimum absolute atomic E-state index is 0.236. The maximum Gasteiger partial charge on any atom is 0.282 e. The van der Waals surface area contributed by atoms with Crippen LogP contribution in [-0.2, 0) is 4.74 Å². The van der Waals surface area contributed by atoms with Gasteiger partial charge in [-0.15, -0.1) is 0 Å². The standard InChI is InChI=1S/C9H20N2O/c1-5-6-7-11-8(10)12-9(2,3)4/h5-7H2,1-4H3,(H2,10,11). The quantitative estimate of drug-likeness (QED) is 0.401. The minimum atomic E-state index is -0.236. The largest absolute Gasteiger partial charge is 0.460 e. The van der Waals surface area contributed by atoms with Crippen molar-refractivity contribution in [1.29, 1.82) is 0 Å². The number of aliphatic imine (C=N–C) groups is 1. The Hall–Kier alpha value is -0.730. The lowest BCUT2D eigenvalue weighted by Gasteiger charge is -2.19. The third kappa shape index (κ3) is 7.38. The third-order valence-corrected chi connectivity index (χ3v) is 1.19. The molecule has 0 aromatic rings. The van der Waals surface area contributed by atoms with Crippen molar-refractivity contribution in [2.45, 2.75) is 46.1 Å². The van der Waals surface area contributed by atoms with Gasteiger partial charge in [0.1, 0.15) is 5.60 Å². The molecular formula is C9H20N2O. The molecule has 0 saturated heterocycles. The van der Waals surface area contributed by atoms with Gasteiger partial charge in [0.2, 0.25) is 0 Å². The fourth-order valence-corrected chi connectivity index (χ4v) is 0.693. The van der Waals surface area contributed by atoms with E-state index in [-0.39, 0.29) is 5.60 Å². The first-order valence-electron chi connectivity index (χ1n) is 4.44. The van der Waals surface area contributed by atoms with Crippen molar-refractivity contribution in [3.8, 4) is 0 Å². The molecule has 0 aliphatic heterocycles. The van der Waals surface area contributed by atoms with E-state index in [1.165, 1.54) is 0 Å². The van der Waals surface area contributed by atoms with Crippen LogP contribution in [0.2, 0.25) is 0 Å². The molecule has 0 saturated carbocycles. The van der Waals surface area contributed by atoms with Gasteiger partial charge in [-0.25, -0.2) is 4.99 Å². The first kappa shape index (κ1) is 11.3. The van der Waals surface area contributed by atoms with Crippen LogP contribution in [0.15, 0.2) is 4.99 Å². The van der Waals surface area contributed by atoms with E-state index < -0.39 is 0 Å². The zero-order valence-electron chi connectivity index (χ0n) is 8.55. The maximum atomic E-state index is 5.53. The highest BCUT2D eigenvalue weighted by molar-refractivity contribution is 5.71. The average molecular weight is 172 g/mol. The van der Waals surface area contributed by atoms with Crippen LogP contribution in [0.1, 0.15) is 40.5 Å². The highest BCUT2D eigenvalue weighted by Gasteiger charge is 2.11. The smallest absolute Gasteiger partial charge is 0.282 e. The second-order valence-corrected chi connectivity index (χ2v) is 3.79. The fourth-order valence-electron chi connectivity index (χ4n) is 0.693. The Morgan fingerprint density at radius 1 is 1.42 bits per heavy atom. The summed E-state index contributed by atoms with van der Waals surface area (Å²) in [5, 5.41) is 0. The van der Waals surface area contributed by atoms with E-state index in [0.717, 1.165) is 19.4 Å². The van der Waals surface area contributed by atoms with E-state index in [4.69, 9.17) is 10.5 Å². The van der Waals surface area contributed by atoms with Crippen molar-refractivity contribution in [3.63, 3.8) is 0 Å². The summed E-state index contributed by atoms with van der Waals surface area (Å²) >= 11 is 0. The Bertz CT molecular complexity index is 147. The van der Waals surface area contributed by atoms with Gasteiger partial charge in [0, 0.05) is 6.54 Å². The lowest BCUT2D eigenvalue weighted by molar-refractivity contribution is 0.113. The lowest BCUT2D eigenvalue weighted by atomic mass is 10.2. The van der Waals surface area contributed by atoms with Gasteiger partial charge in [0.05, 0.1) is 0 Å². The molecule has 3 nitrogen and oxygen atoms in total. The highest BCUT2D eigenvalue weighted by atomic mass is 16.5. The molecule has 0 amide bonds. The zero-order valence-corrected chi connectivity index (χ0v) is 8.55. The van der Waals surface area contributed by atoms with Crippen LogP contribution < -0.4 is 5.73 Å². The highest BCUT2D eigenvalue weighted by Crippen LogP contribution is 2.05. The Morgan fingerprint density at radius 3 is 2.42 bits per heavy atom. The molecule has 12 heavy (non-hydrogen) atoms. The molecule has 2 N–H and O–H groups in total. The van der Waals surface area contributed by atoms with Crippen LogP contribution in [0, 0.1) is 0 Å². The van der Waals surface area contributed by atoms with Crippen LogP contribution in [0.3, 0.4) is 0 Å². The summed E-state index contributed by atoms with van der Waals surface area (Å²) in [5.41, 5.74) is 5.29.